The number of nitrogens with one attached hydrogen (secondary N) is 2. The molecule has 1 aliphatic rings. The molecule has 4 heterocycles. The summed E-state index contributed by atoms with van der Waals surface area (Å²) in [5.74, 6) is 1.54. The van der Waals surface area contributed by atoms with E-state index in [2.05, 4.69) is 25.6 Å². The number of aromatic nitrogens is 4. The van der Waals surface area contributed by atoms with Crippen molar-refractivity contribution in [3.8, 4) is 0 Å². The van der Waals surface area contributed by atoms with Crippen molar-refractivity contribution >= 4 is 17.4 Å². The predicted octanol–water partition coefficient (Wildman–Crippen LogP) is 1.64. The molecule has 26 heavy (non-hydrogen) atoms. The fourth-order valence-electron chi connectivity index (χ4n) is 3.08. The molecule has 4 rings (SSSR count). The normalized spacial score (nSPS) is 16.9. The number of aliphatic hydroxyl groups is 1. The third-order valence-electron chi connectivity index (χ3n) is 4.43. The lowest BCUT2D eigenvalue weighted by Crippen LogP contribution is -2.13. The molecule has 1 atom stereocenters. The largest absolute Gasteiger partial charge is 0.395 e. The second kappa shape index (κ2) is 7.67. The first-order chi connectivity index (χ1) is 12.8. The second-order valence-electron chi connectivity index (χ2n) is 6.24. The van der Waals surface area contributed by atoms with Gasteiger partial charge in [0.15, 0.2) is 0 Å². The number of aliphatic hydroxyl groups excluding tert-OH is 1. The Morgan fingerprint density at radius 3 is 3.08 bits per heavy atom. The summed E-state index contributed by atoms with van der Waals surface area (Å²) in [7, 11) is 0. The van der Waals surface area contributed by atoms with Gasteiger partial charge in [-0.2, -0.15) is 4.98 Å². The Morgan fingerprint density at radius 2 is 2.23 bits per heavy atom. The third-order valence-corrected chi connectivity index (χ3v) is 4.43. The highest BCUT2D eigenvalue weighted by molar-refractivity contribution is 5.45. The molecule has 0 spiro atoms. The van der Waals surface area contributed by atoms with Crippen molar-refractivity contribution in [3.63, 3.8) is 0 Å². The minimum Gasteiger partial charge on any atom is -0.395 e. The van der Waals surface area contributed by atoms with Gasteiger partial charge in [-0.1, -0.05) is 6.07 Å². The summed E-state index contributed by atoms with van der Waals surface area (Å²) in [6, 6.07) is 7.91. The monoisotopic (exact) mass is 354 g/mol. The first kappa shape index (κ1) is 16.7. The minimum absolute atomic E-state index is 0.0324. The number of pyridine rings is 1. The lowest BCUT2D eigenvalue weighted by Gasteiger charge is -2.13. The van der Waals surface area contributed by atoms with Crippen LogP contribution in [0, 0.1) is 0 Å². The summed E-state index contributed by atoms with van der Waals surface area (Å²) >= 11 is 0. The van der Waals surface area contributed by atoms with Crippen LogP contribution in [0.4, 0.5) is 11.8 Å². The molecule has 136 valence electrons. The molecule has 3 aromatic heterocycles. The fourth-order valence-corrected chi connectivity index (χ4v) is 3.08. The second-order valence-corrected chi connectivity index (χ2v) is 6.24. The number of anilines is 2. The standard InChI is InChI=1S/C18H22N6O2/c25-7-5-19-18-22-15(13-4-8-26-12-13)9-16(23-18)20-10-14-11-21-17-3-1-2-6-24(14)17/h1-3,6,9,11,13,25H,4-5,7-8,10,12H2,(H2,19,20,22,23)/t13-/m1/s1. The van der Waals surface area contributed by atoms with Gasteiger partial charge in [-0.25, -0.2) is 9.97 Å². The van der Waals surface area contributed by atoms with Crippen LogP contribution in [0.15, 0.2) is 36.7 Å². The quantitative estimate of drug-likeness (QED) is 0.593. The number of hydrogen-bond donors (Lipinski definition) is 3. The van der Waals surface area contributed by atoms with Crippen LogP contribution in [0.3, 0.4) is 0 Å². The van der Waals surface area contributed by atoms with Gasteiger partial charge in [-0.15, -0.1) is 0 Å². The van der Waals surface area contributed by atoms with Crippen molar-refractivity contribution in [2.75, 3.05) is 37.0 Å². The van der Waals surface area contributed by atoms with Crippen molar-refractivity contribution in [1.82, 2.24) is 19.4 Å². The zero-order valence-corrected chi connectivity index (χ0v) is 14.4. The van der Waals surface area contributed by atoms with Crippen molar-refractivity contribution in [2.45, 2.75) is 18.9 Å². The predicted molar refractivity (Wildman–Crippen MR) is 98.3 cm³/mol. The number of nitrogens with zero attached hydrogens (tertiary/aromatic N) is 4. The Balaban J connectivity index is 1.55. The molecule has 0 aliphatic carbocycles. The van der Waals surface area contributed by atoms with Crippen LogP contribution < -0.4 is 10.6 Å². The lowest BCUT2D eigenvalue weighted by atomic mass is 10.0. The number of fused-ring (bicyclic) bond motifs is 1. The van der Waals surface area contributed by atoms with E-state index in [1.165, 1.54) is 0 Å². The molecule has 0 bridgehead atoms. The van der Waals surface area contributed by atoms with Crippen LogP contribution in [0.25, 0.3) is 5.65 Å². The van der Waals surface area contributed by atoms with E-state index in [9.17, 15) is 0 Å². The molecule has 8 nitrogen and oxygen atoms in total. The van der Waals surface area contributed by atoms with Gasteiger partial charge in [-0.05, 0) is 18.6 Å². The topological polar surface area (TPSA) is 96.6 Å². The third kappa shape index (κ3) is 3.61. The molecule has 0 amide bonds. The smallest absolute Gasteiger partial charge is 0.224 e. The lowest BCUT2D eigenvalue weighted by molar-refractivity contribution is 0.193. The molecule has 1 saturated heterocycles. The van der Waals surface area contributed by atoms with Gasteiger partial charge in [0.2, 0.25) is 5.95 Å². The molecular formula is C18H22N6O2. The maximum Gasteiger partial charge on any atom is 0.224 e. The zero-order valence-electron chi connectivity index (χ0n) is 14.4. The Hall–Kier alpha value is -2.71. The molecule has 0 unspecified atom stereocenters. The highest BCUT2D eigenvalue weighted by Gasteiger charge is 2.20. The molecular weight excluding hydrogens is 332 g/mol. The average Bonchev–Trinajstić information content (AvgIpc) is 3.35. The van der Waals surface area contributed by atoms with Crippen LogP contribution in [-0.2, 0) is 11.3 Å². The van der Waals surface area contributed by atoms with E-state index in [1.807, 2.05) is 41.1 Å². The molecule has 0 radical (unpaired) electrons. The maximum absolute atomic E-state index is 9.04. The van der Waals surface area contributed by atoms with E-state index < -0.39 is 0 Å². The zero-order chi connectivity index (χ0) is 17.8. The molecule has 0 saturated carbocycles. The summed E-state index contributed by atoms with van der Waals surface area (Å²) < 4.78 is 7.53. The minimum atomic E-state index is 0.0324. The maximum atomic E-state index is 9.04. The van der Waals surface area contributed by atoms with E-state index in [0.717, 1.165) is 35.9 Å². The van der Waals surface area contributed by atoms with Crippen LogP contribution in [-0.4, -0.2) is 50.8 Å². The van der Waals surface area contributed by atoms with Crippen molar-refractivity contribution in [3.05, 3.63) is 48.0 Å². The highest BCUT2D eigenvalue weighted by Crippen LogP contribution is 2.26. The average molecular weight is 354 g/mol. The SMILES string of the molecule is OCCNc1nc(NCc2cnc3ccccn23)cc([C@@H]2CCOC2)n1. The first-order valence-electron chi connectivity index (χ1n) is 8.80. The molecule has 1 fully saturated rings. The van der Waals surface area contributed by atoms with Gasteiger partial charge in [0.25, 0.3) is 0 Å². The molecule has 8 heteroatoms. The number of ether oxygens (including phenoxy) is 1. The number of rotatable bonds is 7. The fraction of sp³-hybridized carbons (Fsp3) is 0.389. The Bertz CT molecular complexity index is 875. The summed E-state index contributed by atoms with van der Waals surface area (Å²) in [5, 5.41) is 15.5. The first-order valence-corrected chi connectivity index (χ1v) is 8.80. The highest BCUT2D eigenvalue weighted by atomic mass is 16.5. The summed E-state index contributed by atoms with van der Waals surface area (Å²) in [6.45, 7) is 2.49. The van der Waals surface area contributed by atoms with Gasteiger partial charge >= 0.3 is 0 Å². The van der Waals surface area contributed by atoms with E-state index in [-0.39, 0.29) is 12.5 Å². The molecule has 1 aliphatic heterocycles. The van der Waals surface area contributed by atoms with E-state index >= 15 is 0 Å². The Kier molecular flexibility index (Phi) is 4.94. The van der Waals surface area contributed by atoms with Gasteiger partial charge in [0, 0.05) is 31.3 Å². The van der Waals surface area contributed by atoms with E-state index in [4.69, 9.17) is 9.84 Å². The van der Waals surface area contributed by atoms with Crippen LogP contribution in [0.5, 0.6) is 0 Å². The Morgan fingerprint density at radius 1 is 1.27 bits per heavy atom. The molecule has 0 aromatic carbocycles. The molecule has 3 N–H and O–H groups in total. The van der Waals surface area contributed by atoms with Gasteiger partial charge in [0.1, 0.15) is 11.5 Å². The van der Waals surface area contributed by atoms with Crippen LogP contribution in [0.2, 0.25) is 0 Å². The van der Waals surface area contributed by atoms with Crippen molar-refractivity contribution in [1.29, 1.82) is 0 Å². The van der Waals surface area contributed by atoms with Crippen molar-refractivity contribution in [2.24, 2.45) is 0 Å². The summed E-state index contributed by atoms with van der Waals surface area (Å²) in [6.07, 6.45) is 4.82. The van der Waals surface area contributed by atoms with Crippen LogP contribution in [0.1, 0.15) is 23.7 Å². The van der Waals surface area contributed by atoms with Gasteiger partial charge < -0.3 is 24.9 Å². The van der Waals surface area contributed by atoms with E-state index in [1.54, 1.807) is 0 Å². The number of hydrogen-bond acceptors (Lipinski definition) is 7. The van der Waals surface area contributed by atoms with Gasteiger partial charge in [0.05, 0.1) is 37.3 Å². The summed E-state index contributed by atoms with van der Waals surface area (Å²) in [5.41, 5.74) is 2.93. The van der Waals surface area contributed by atoms with Crippen LogP contribution >= 0.6 is 0 Å². The summed E-state index contributed by atoms with van der Waals surface area (Å²) in [4.78, 5) is 13.5. The molecule has 3 aromatic rings. The van der Waals surface area contributed by atoms with Gasteiger partial charge in [-0.3, -0.25) is 0 Å². The number of imidazole rings is 1. The van der Waals surface area contributed by atoms with Crippen molar-refractivity contribution < 1.29 is 9.84 Å². The Labute approximate surface area is 151 Å². The van der Waals surface area contributed by atoms with E-state index in [0.29, 0.717) is 25.6 Å².